The zero-order valence-electron chi connectivity index (χ0n) is 23.8. The van der Waals surface area contributed by atoms with E-state index >= 15 is 0 Å². The zero-order chi connectivity index (χ0) is 28.2. The van der Waals surface area contributed by atoms with Gasteiger partial charge in [-0.2, -0.15) is 0 Å². The fraction of sp³-hybridized carbons (Fsp3) is 0.774. The summed E-state index contributed by atoms with van der Waals surface area (Å²) in [5.41, 5.74) is 0.645. The largest absolute Gasteiger partial charge is 0.478 e. The van der Waals surface area contributed by atoms with Gasteiger partial charge in [-0.3, -0.25) is 9.59 Å². The second-order valence-corrected chi connectivity index (χ2v) is 13.4. The quantitative estimate of drug-likeness (QED) is 0.255. The number of rotatable bonds is 6. The molecule has 10 atom stereocenters. The smallest absolute Gasteiger partial charge is 0.331 e. The van der Waals surface area contributed by atoms with Crippen molar-refractivity contribution in [1.29, 1.82) is 0 Å². The van der Waals surface area contributed by atoms with Crippen molar-refractivity contribution in [3.05, 3.63) is 22.8 Å². The van der Waals surface area contributed by atoms with Gasteiger partial charge in [0.05, 0.1) is 12.2 Å². The molecule has 4 saturated carbocycles. The Morgan fingerprint density at radius 2 is 1.74 bits per heavy atom. The van der Waals surface area contributed by atoms with Gasteiger partial charge >= 0.3 is 11.9 Å². The third-order valence-electron chi connectivity index (χ3n) is 11.7. The molecule has 0 aromatic heterocycles. The van der Waals surface area contributed by atoms with Crippen molar-refractivity contribution >= 4 is 18.2 Å². The van der Waals surface area contributed by atoms with E-state index < -0.39 is 24.1 Å². The summed E-state index contributed by atoms with van der Waals surface area (Å²) in [5, 5.41) is 32.9. The van der Waals surface area contributed by atoms with E-state index in [1.165, 1.54) is 6.92 Å². The maximum Gasteiger partial charge on any atom is 0.331 e. The molecule has 38 heavy (non-hydrogen) atoms. The van der Waals surface area contributed by atoms with Crippen LogP contribution in [0.4, 0.5) is 0 Å². The molecule has 4 fully saturated rings. The van der Waals surface area contributed by atoms with Crippen molar-refractivity contribution in [2.24, 2.45) is 39.9 Å². The van der Waals surface area contributed by atoms with Crippen LogP contribution < -0.4 is 0 Å². The van der Waals surface area contributed by atoms with E-state index in [9.17, 15) is 29.7 Å². The number of carboxylic acid groups (broad SMARTS) is 1. The Hall–Kier alpha value is -1.99. The molecule has 7 heteroatoms. The SMILES string of the molecule is CC(=O)O[C@H]1C[C@@]2(C)[C@H](C[C@@H](O)[C@@H]3[C@@]4(C)CC[C@@H](O)[C@@H](C)C4CC[C@@]32C)C1=C(CCC=C(C)C=O)C(=O)O. The highest BCUT2D eigenvalue weighted by Crippen LogP contribution is 2.74. The lowest BCUT2D eigenvalue weighted by Crippen LogP contribution is -2.65. The molecular formula is C31H46O7. The Labute approximate surface area is 226 Å². The minimum Gasteiger partial charge on any atom is -0.478 e. The van der Waals surface area contributed by atoms with Crippen LogP contribution >= 0.6 is 0 Å². The number of esters is 1. The number of hydrogen-bond donors (Lipinski definition) is 3. The van der Waals surface area contributed by atoms with Gasteiger partial charge in [0.15, 0.2) is 0 Å². The van der Waals surface area contributed by atoms with Gasteiger partial charge in [-0.1, -0.05) is 33.8 Å². The number of hydrogen-bond acceptors (Lipinski definition) is 6. The first-order chi connectivity index (χ1) is 17.7. The number of ether oxygens (including phenoxy) is 1. The average Bonchev–Trinajstić information content (AvgIpc) is 3.10. The maximum atomic E-state index is 12.6. The van der Waals surface area contributed by atoms with Gasteiger partial charge in [-0.05, 0) is 109 Å². The molecule has 7 nitrogen and oxygen atoms in total. The predicted octanol–water partition coefficient (Wildman–Crippen LogP) is 4.85. The zero-order valence-corrected chi connectivity index (χ0v) is 23.8. The maximum absolute atomic E-state index is 12.6. The summed E-state index contributed by atoms with van der Waals surface area (Å²) in [7, 11) is 0. The van der Waals surface area contributed by atoms with Crippen molar-refractivity contribution in [3.63, 3.8) is 0 Å². The first kappa shape index (κ1) is 29.0. The van der Waals surface area contributed by atoms with Crippen molar-refractivity contribution in [2.75, 3.05) is 0 Å². The Kier molecular flexibility index (Phi) is 7.78. The summed E-state index contributed by atoms with van der Waals surface area (Å²) in [6.07, 6.45) is 5.92. The average molecular weight is 531 g/mol. The first-order valence-corrected chi connectivity index (χ1v) is 14.3. The van der Waals surface area contributed by atoms with Crippen LogP contribution in [-0.4, -0.2) is 51.9 Å². The van der Waals surface area contributed by atoms with Crippen LogP contribution in [-0.2, 0) is 19.1 Å². The minimum atomic E-state index is -1.04. The number of carbonyl (C=O) groups excluding carboxylic acids is 2. The predicted molar refractivity (Wildman–Crippen MR) is 143 cm³/mol. The standard InChI is InChI=1S/C31H46O7/c1-17(16-32)8-7-9-20(28(36)37)26-22-14-24(35)27-29(4)12-11-23(34)18(2)21(29)10-13-30(27,5)31(22,6)15-25(26)38-19(3)33/h8,16,18,21-25,27,34-35H,7,9-15H2,1-6H3,(H,36,37)/t18-,21?,22+,23+,24+,25-,27+,29-,30-,31-/m0/s1. The number of aliphatic carboxylic acids is 1. The van der Waals surface area contributed by atoms with Crippen LogP contribution in [0.3, 0.4) is 0 Å². The molecule has 0 aromatic carbocycles. The molecule has 1 unspecified atom stereocenters. The van der Waals surface area contributed by atoms with Crippen LogP contribution in [0.5, 0.6) is 0 Å². The second-order valence-electron chi connectivity index (χ2n) is 13.4. The van der Waals surface area contributed by atoms with Crippen molar-refractivity contribution < 1.29 is 34.4 Å². The molecule has 0 amide bonds. The summed E-state index contributed by atoms with van der Waals surface area (Å²) in [6, 6.07) is 0. The van der Waals surface area contributed by atoms with Crippen LogP contribution in [0.15, 0.2) is 22.8 Å². The molecule has 212 valence electrons. The molecule has 0 bridgehead atoms. The molecular weight excluding hydrogens is 484 g/mol. The van der Waals surface area contributed by atoms with Gasteiger partial charge in [-0.15, -0.1) is 0 Å². The normalized spacial score (nSPS) is 45.9. The molecule has 0 aromatic rings. The van der Waals surface area contributed by atoms with Crippen LogP contribution in [0, 0.1) is 39.9 Å². The number of carbonyl (C=O) groups is 3. The molecule has 4 aliphatic rings. The van der Waals surface area contributed by atoms with Gasteiger partial charge in [0.25, 0.3) is 0 Å². The number of fused-ring (bicyclic) bond motifs is 5. The summed E-state index contributed by atoms with van der Waals surface area (Å²) in [5.74, 6) is -1.20. The van der Waals surface area contributed by atoms with Crippen molar-refractivity contribution in [1.82, 2.24) is 0 Å². The number of aldehydes is 1. The Morgan fingerprint density at radius 1 is 1.05 bits per heavy atom. The fourth-order valence-electron chi connectivity index (χ4n) is 9.78. The summed E-state index contributed by atoms with van der Waals surface area (Å²) in [6.45, 7) is 12.0. The van der Waals surface area contributed by atoms with E-state index in [0.717, 1.165) is 32.0 Å². The molecule has 0 saturated heterocycles. The lowest BCUT2D eigenvalue weighted by molar-refractivity contribution is -0.234. The monoisotopic (exact) mass is 530 g/mol. The molecule has 0 spiro atoms. The highest BCUT2D eigenvalue weighted by molar-refractivity contribution is 5.88. The second kappa shape index (κ2) is 10.2. The molecule has 0 radical (unpaired) electrons. The van der Waals surface area contributed by atoms with E-state index in [2.05, 4.69) is 27.7 Å². The van der Waals surface area contributed by atoms with E-state index in [-0.39, 0.29) is 52.1 Å². The number of carboxylic acids is 1. The Morgan fingerprint density at radius 3 is 2.34 bits per heavy atom. The van der Waals surface area contributed by atoms with Crippen LogP contribution in [0.2, 0.25) is 0 Å². The Bertz CT molecular complexity index is 1040. The molecule has 0 heterocycles. The minimum absolute atomic E-state index is 0.00808. The topological polar surface area (TPSA) is 121 Å². The van der Waals surface area contributed by atoms with E-state index in [4.69, 9.17) is 4.74 Å². The van der Waals surface area contributed by atoms with Gasteiger partial charge in [0, 0.05) is 12.5 Å². The third-order valence-corrected chi connectivity index (χ3v) is 11.7. The molecule has 3 N–H and O–H groups in total. The first-order valence-electron chi connectivity index (χ1n) is 14.3. The van der Waals surface area contributed by atoms with E-state index in [1.807, 2.05) is 0 Å². The van der Waals surface area contributed by atoms with Gasteiger partial charge in [0.1, 0.15) is 12.4 Å². The fourth-order valence-corrected chi connectivity index (χ4v) is 9.78. The number of allylic oxidation sites excluding steroid dienone is 2. The van der Waals surface area contributed by atoms with E-state index in [0.29, 0.717) is 36.3 Å². The van der Waals surface area contributed by atoms with E-state index in [1.54, 1.807) is 13.0 Å². The van der Waals surface area contributed by atoms with Crippen LogP contribution in [0.1, 0.15) is 92.9 Å². The lowest BCUT2D eigenvalue weighted by atomic mass is 9.36. The summed E-state index contributed by atoms with van der Waals surface area (Å²) >= 11 is 0. The molecule has 4 aliphatic carbocycles. The lowest BCUT2D eigenvalue weighted by Gasteiger charge is -2.69. The third kappa shape index (κ3) is 4.38. The van der Waals surface area contributed by atoms with Gasteiger partial charge in [0.2, 0.25) is 0 Å². The van der Waals surface area contributed by atoms with Crippen molar-refractivity contribution in [3.8, 4) is 0 Å². The summed E-state index contributed by atoms with van der Waals surface area (Å²) in [4.78, 5) is 35.9. The number of aliphatic hydroxyl groups excluding tert-OH is 2. The van der Waals surface area contributed by atoms with Gasteiger partial charge in [-0.25, -0.2) is 4.79 Å². The number of aliphatic hydroxyl groups is 2. The summed E-state index contributed by atoms with van der Waals surface area (Å²) < 4.78 is 5.84. The van der Waals surface area contributed by atoms with Crippen molar-refractivity contribution in [2.45, 2.75) is 111 Å². The highest BCUT2D eigenvalue weighted by Gasteiger charge is 2.70. The Balaban J connectivity index is 1.81. The van der Waals surface area contributed by atoms with Gasteiger partial charge < -0.3 is 20.1 Å². The molecule has 0 aliphatic heterocycles. The van der Waals surface area contributed by atoms with Crippen LogP contribution in [0.25, 0.3) is 0 Å². The highest BCUT2D eigenvalue weighted by atomic mass is 16.5. The molecule has 4 rings (SSSR count).